The molecule has 31 heavy (non-hydrogen) atoms. The van der Waals surface area contributed by atoms with Crippen molar-refractivity contribution in [3.8, 4) is 5.69 Å². The third-order valence-electron chi connectivity index (χ3n) is 5.31. The zero-order chi connectivity index (χ0) is 22.4. The van der Waals surface area contributed by atoms with E-state index in [4.69, 9.17) is 9.47 Å². The van der Waals surface area contributed by atoms with E-state index < -0.39 is 46.6 Å². The number of rotatable bonds is 2. The van der Waals surface area contributed by atoms with E-state index in [0.717, 1.165) is 24.4 Å². The molecule has 1 spiro atoms. The Labute approximate surface area is 172 Å². The normalized spacial score (nSPS) is 19.2. The van der Waals surface area contributed by atoms with Crippen LogP contribution >= 0.6 is 0 Å². The third-order valence-corrected chi connectivity index (χ3v) is 5.31. The highest BCUT2D eigenvalue weighted by Gasteiger charge is 2.44. The molecule has 2 fully saturated rings. The smallest absolute Gasteiger partial charge is 0.347 e. The van der Waals surface area contributed by atoms with Crippen molar-refractivity contribution in [2.45, 2.75) is 31.0 Å². The van der Waals surface area contributed by atoms with Gasteiger partial charge in [-0.15, -0.1) is 0 Å². The van der Waals surface area contributed by atoms with Gasteiger partial charge in [0, 0.05) is 25.9 Å². The molecule has 6 nitrogen and oxygen atoms in total. The number of hydrogen-bond acceptors (Lipinski definition) is 4. The fourth-order valence-corrected chi connectivity index (χ4v) is 3.79. The number of carbonyl (C=O) groups excluding carboxylic acids is 1. The zero-order valence-electron chi connectivity index (χ0n) is 16.0. The number of amides is 1. The van der Waals surface area contributed by atoms with Crippen LogP contribution in [0.3, 0.4) is 0 Å². The highest BCUT2D eigenvalue weighted by Crippen LogP contribution is 2.37. The molecule has 0 N–H and O–H groups in total. The fourth-order valence-electron chi connectivity index (χ4n) is 3.79. The quantitative estimate of drug-likeness (QED) is 0.653. The van der Waals surface area contributed by atoms with E-state index in [0.29, 0.717) is 36.8 Å². The topological polar surface area (TPSA) is 56.6 Å². The van der Waals surface area contributed by atoms with Crippen molar-refractivity contribution in [1.82, 2.24) is 14.7 Å². The van der Waals surface area contributed by atoms with Crippen molar-refractivity contribution >= 4 is 5.91 Å². The molecule has 2 aliphatic heterocycles. The number of benzene rings is 1. The standard InChI is InChI=1S/C19H17F6N3O3/c20-18(21,22)12-2-1-3-13(10-12)28-15(19(23,24)25)14(11-26-28)16(29)27-6-4-17(5-7-27)30-8-9-31-17/h1-3,10-11H,4-9H2. The number of carbonyl (C=O) groups is 1. The zero-order valence-corrected chi connectivity index (χ0v) is 16.0. The summed E-state index contributed by atoms with van der Waals surface area (Å²) in [5.74, 6) is -1.72. The lowest BCUT2D eigenvalue weighted by molar-refractivity contribution is -0.181. The van der Waals surface area contributed by atoms with Gasteiger partial charge in [0.15, 0.2) is 11.5 Å². The van der Waals surface area contributed by atoms with E-state index in [1.165, 1.54) is 4.90 Å². The van der Waals surface area contributed by atoms with Gasteiger partial charge in [-0.2, -0.15) is 31.4 Å². The number of ether oxygens (including phenoxy) is 2. The lowest BCUT2D eigenvalue weighted by Gasteiger charge is -2.37. The van der Waals surface area contributed by atoms with E-state index >= 15 is 0 Å². The first-order valence-corrected chi connectivity index (χ1v) is 9.40. The van der Waals surface area contributed by atoms with Crippen LogP contribution in [0.15, 0.2) is 30.5 Å². The number of nitrogens with zero attached hydrogens (tertiary/aromatic N) is 3. The minimum atomic E-state index is -5.02. The molecular weight excluding hydrogens is 432 g/mol. The minimum Gasteiger partial charge on any atom is -0.347 e. The second-order valence-corrected chi connectivity index (χ2v) is 7.26. The number of aromatic nitrogens is 2. The molecule has 3 heterocycles. The monoisotopic (exact) mass is 449 g/mol. The highest BCUT2D eigenvalue weighted by atomic mass is 19.4. The van der Waals surface area contributed by atoms with E-state index in [1.54, 1.807) is 0 Å². The van der Waals surface area contributed by atoms with Crippen molar-refractivity contribution < 1.29 is 40.6 Å². The van der Waals surface area contributed by atoms with Gasteiger partial charge in [0.05, 0.1) is 36.2 Å². The van der Waals surface area contributed by atoms with E-state index in [-0.39, 0.29) is 13.1 Å². The molecule has 0 aliphatic carbocycles. The number of hydrogen-bond donors (Lipinski definition) is 0. The summed E-state index contributed by atoms with van der Waals surface area (Å²) in [6.45, 7) is 1.06. The van der Waals surface area contributed by atoms with E-state index in [1.807, 2.05) is 0 Å². The van der Waals surface area contributed by atoms with Crippen LogP contribution < -0.4 is 0 Å². The molecule has 2 saturated heterocycles. The van der Waals surface area contributed by atoms with Crippen LogP contribution in [-0.4, -0.2) is 52.7 Å². The number of piperidine rings is 1. The van der Waals surface area contributed by atoms with Crippen LogP contribution in [-0.2, 0) is 21.8 Å². The summed E-state index contributed by atoms with van der Waals surface area (Å²) in [5, 5.41) is 3.60. The lowest BCUT2D eigenvalue weighted by Crippen LogP contribution is -2.47. The Kier molecular flexibility index (Phi) is 5.24. The average Bonchev–Trinajstić information content (AvgIpc) is 3.35. The fraction of sp³-hybridized carbons (Fsp3) is 0.474. The Balaban J connectivity index is 1.66. The van der Waals surface area contributed by atoms with Gasteiger partial charge in [-0.05, 0) is 18.2 Å². The Hall–Kier alpha value is -2.60. The number of likely N-dealkylation sites (tertiary alicyclic amines) is 1. The molecule has 12 heteroatoms. The van der Waals surface area contributed by atoms with Gasteiger partial charge in [0.2, 0.25) is 0 Å². The van der Waals surface area contributed by atoms with Gasteiger partial charge in [-0.3, -0.25) is 4.79 Å². The van der Waals surface area contributed by atoms with Crippen LogP contribution in [0.1, 0.15) is 34.5 Å². The summed E-state index contributed by atoms with van der Waals surface area (Å²) in [6, 6.07) is 3.33. The first kappa shape index (κ1) is 21.6. The highest BCUT2D eigenvalue weighted by molar-refractivity contribution is 5.95. The van der Waals surface area contributed by atoms with Gasteiger partial charge in [0.25, 0.3) is 5.91 Å². The van der Waals surface area contributed by atoms with E-state index in [2.05, 4.69) is 5.10 Å². The molecule has 0 radical (unpaired) electrons. The van der Waals surface area contributed by atoms with Crippen LogP contribution in [0.5, 0.6) is 0 Å². The molecule has 0 saturated carbocycles. The number of halogens is 6. The lowest BCUT2D eigenvalue weighted by atomic mass is 10.0. The Morgan fingerprint density at radius 3 is 2.23 bits per heavy atom. The molecule has 2 aliphatic rings. The molecule has 1 amide bonds. The Bertz CT molecular complexity index is 969. The van der Waals surface area contributed by atoms with Gasteiger partial charge in [-0.1, -0.05) is 6.07 Å². The summed E-state index contributed by atoms with van der Waals surface area (Å²) in [6.07, 6.45) is -8.42. The minimum absolute atomic E-state index is 0.116. The number of alkyl halides is 6. The maximum atomic E-state index is 13.8. The molecule has 1 aromatic carbocycles. The largest absolute Gasteiger partial charge is 0.434 e. The van der Waals surface area contributed by atoms with Gasteiger partial charge in [-0.25, -0.2) is 4.68 Å². The second-order valence-electron chi connectivity index (χ2n) is 7.26. The molecule has 168 valence electrons. The molecule has 2 aromatic rings. The molecule has 4 rings (SSSR count). The molecule has 0 bridgehead atoms. The molecule has 0 unspecified atom stereocenters. The maximum absolute atomic E-state index is 13.8. The Morgan fingerprint density at radius 1 is 1.00 bits per heavy atom. The molecule has 0 atom stereocenters. The summed E-state index contributed by atoms with van der Waals surface area (Å²) in [4.78, 5) is 14.1. The first-order chi connectivity index (χ1) is 14.5. The first-order valence-electron chi connectivity index (χ1n) is 9.40. The van der Waals surface area contributed by atoms with Gasteiger partial charge < -0.3 is 14.4 Å². The molecule has 1 aromatic heterocycles. The predicted octanol–water partition coefficient (Wildman–Crippen LogP) is 3.89. The summed E-state index contributed by atoms with van der Waals surface area (Å²) in [7, 11) is 0. The third kappa shape index (κ3) is 4.13. The van der Waals surface area contributed by atoms with Gasteiger partial charge in [0.1, 0.15) is 0 Å². The Morgan fingerprint density at radius 2 is 1.65 bits per heavy atom. The predicted molar refractivity (Wildman–Crippen MR) is 93.3 cm³/mol. The van der Waals surface area contributed by atoms with Crippen LogP contribution in [0.2, 0.25) is 0 Å². The maximum Gasteiger partial charge on any atom is 0.434 e. The second kappa shape index (κ2) is 7.52. The van der Waals surface area contributed by atoms with Crippen molar-refractivity contribution in [3.63, 3.8) is 0 Å². The van der Waals surface area contributed by atoms with Crippen LogP contribution in [0.25, 0.3) is 5.69 Å². The van der Waals surface area contributed by atoms with Crippen molar-refractivity contribution in [3.05, 3.63) is 47.3 Å². The van der Waals surface area contributed by atoms with Crippen LogP contribution in [0.4, 0.5) is 26.3 Å². The van der Waals surface area contributed by atoms with Crippen molar-refractivity contribution in [2.24, 2.45) is 0 Å². The summed E-state index contributed by atoms with van der Waals surface area (Å²) in [5.41, 5.74) is -3.73. The molecular formula is C19H17F6N3O3. The van der Waals surface area contributed by atoms with Crippen LogP contribution in [0, 0.1) is 0 Å². The summed E-state index contributed by atoms with van der Waals surface area (Å²) >= 11 is 0. The SMILES string of the molecule is O=C(c1cnn(-c2cccc(C(F)(F)F)c2)c1C(F)(F)F)N1CCC2(CC1)OCCO2. The summed E-state index contributed by atoms with van der Waals surface area (Å²) < 4.78 is 91.9. The van der Waals surface area contributed by atoms with Crippen molar-refractivity contribution in [1.29, 1.82) is 0 Å². The van der Waals surface area contributed by atoms with Crippen molar-refractivity contribution in [2.75, 3.05) is 26.3 Å². The van der Waals surface area contributed by atoms with E-state index in [9.17, 15) is 31.1 Å². The average molecular weight is 449 g/mol. The van der Waals surface area contributed by atoms with Gasteiger partial charge >= 0.3 is 12.4 Å².